The van der Waals surface area contributed by atoms with Gasteiger partial charge in [0.05, 0.1) is 0 Å². The molecule has 2 heterocycles. The fourth-order valence-corrected chi connectivity index (χ4v) is 4.80. The standard InChI is InChI=1S/C13H24N2S/c1-2-4-12(3-1)14-6-8-15(9-7-14)13-5-10-16-11-13/h12-13H,1-11H2. The van der Waals surface area contributed by atoms with Crippen LogP contribution in [0.5, 0.6) is 0 Å². The predicted octanol–water partition coefficient (Wildman–Crippen LogP) is 2.05. The summed E-state index contributed by atoms with van der Waals surface area (Å²) in [6.07, 6.45) is 7.33. The fraction of sp³-hybridized carbons (Fsp3) is 1.00. The van der Waals surface area contributed by atoms with Gasteiger partial charge in [-0.05, 0) is 25.0 Å². The molecule has 92 valence electrons. The molecule has 0 aromatic carbocycles. The minimum atomic E-state index is 0.913. The highest BCUT2D eigenvalue weighted by atomic mass is 32.2. The van der Waals surface area contributed by atoms with Crippen LogP contribution in [-0.2, 0) is 0 Å². The van der Waals surface area contributed by atoms with Gasteiger partial charge < -0.3 is 0 Å². The monoisotopic (exact) mass is 240 g/mol. The van der Waals surface area contributed by atoms with Gasteiger partial charge in [-0.2, -0.15) is 11.8 Å². The van der Waals surface area contributed by atoms with Gasteiger partial charge >= 0.3 is 0 Å². The van der Waals surface area contributed by atoms with Gasteiger partial charge in [0.25, 0.3) is 0 Å². The first-order valence-corrected chi connectivity index (χ1v) is 8.15. The van der Waals surface area contributed by atoms with Crippen molar-refractivity contribution in [2.75, 3.05) is 37.7 Å². The van der Waals surface area contributed by atoms with Gasteiger partial charge in [0.1, 0.15) is 0 Å². The van der Waals surface area contributed by atoms with E-state index in [1.54, 1.807) is 0 Å². The van der Waals surface area contributed by atoms with Crippen LogP contribution in [0.1, 0.15) is 32.1 Å². The third kappa shape index (κ3) is 2.41. The molecule has 3 heteroatoms. The van der Waals surface area contributed by atoms with Gasteiger partial charge in [0.2, 0.25) is 0 Å². The van der Waals surface area contributed by atoms with Crippen molar-refractivity contribution in [1.29, 1.82) is 0 Å². The summed E-state index contributed by atoms with van der Waals surface area (Å²) in [5.41, 5.74) is 0. The second-order valence-corrected chi connectivity index (χ2v) is 6.68. The van der Waals surface area contributed by atoms with Crippen molar-refractivity contribution in [2.45, 2.75) is 44.2 Å². The van der Waals surface area contributed by atoms with Crippen molar-refractivity contribution in [3.8, 4) is 0 Å². The Morgan fingerprint density at radius 1 is 0.750 bits per heavy atom. The Labute approximate surface area is 104 Å². The van der Waals surface area contributed by atoms with E-state index in [4.69, 9.17) is 0 Å². The zero-order valence-electron chi connectivity index (χ0n) is 10.2. The molecule has 1 atom stereocenters. The Hall–Kier alpha value is 0.270. The van der Waals surface area contributed by atoms with E-state index in [0.717, 1.165) is 12.1 Å². The summed E-state index contributed by atoms with van der Waals surface area (Å²) in [6, 6.07) is 1.86. The van der Waals surface area contributed by atoms with Crippen LogP contribution in [0.3, 0.4) is 0 Å². The molecule has 1 aliphatic carbocycles. The first kappa shape index (κ1) is 11.4. The molecule has 1 unspecified atom stereocenters. The molecule has 2 saturated heterocycles. The van der Waals surface area contributed by atoms with Crippen molar-refractivity contribution < 1.29 is 0 Å². The van der Waals surface area contributed by atoms with Gasteiger partial charge in [0, 0.05) is 44.0 Å². The van der Waals surface area contributed by atoms with Crippen LogP contribution >= 0.6 is 11.8 Å². The quantitative estimate of drug-likeness (QED) is 0.729. The molecule has 1 saturated carbocycles. The highest BCUT2D eigenvalue weighted by molar-refractivity contribution is 7.99. The van der Waals surface area contributed by atoms with Crippen LogP contribution in [0.4, 0.5) is 0 Å². The van der Waals surface area contributed by atoms with E-state index < -0.39 is 0 Å². The lowest BCUT2D eigenvalue weighted by Gasteiger charge is -2.40. The minimum absolute atomic E-state index is 0.913. The lowest BCUT2D eigenvalue weighted by molar-refractivity contribution is 0.0771. The lowest BCUT2D eigenvalue weighted by atomic mass is 10.1. The topological polar surface area (TPSA) is 6.48 Å². The largest absolute Gasteiger partial charge is 0.298 e. The fourth-order valence-electron chi connectivity index (χ4n) is 3.55. The summed E-state index contributed by atoms with van der Waals surface area (Å²) in [5, 5.41) is 0. The molecule has 16 heavy (non-hydrogen) atoms. The molecule has 2 aliphatic heterocycles. The Balaban J connectivity index is 1.47. The predicted molar refractivity (Wildman–Crippen MR) is 71.1 cm³/mol. The summed E-state index contributed by atoms with van der Waals surface area (Å²) in [6.45, 7) is 5.35. The number of piperazine rings is 1. The van der Waals surface area contributed by atoms with Crippen LogP contribution in [0, 0.1) is 0 Å². The summed E-state index contributed by atoms with van der Waals surface area (Å²) < 4.78 is 0. The molecule has 3 aliphatic rings. The Bertz CT molecular complexity index is 190. The van der Waals surface area contributed by atoms with Crippen molar-refractivity contribution >= 4 is 11.8 Å². The van der Waals surface area contributed by atoms with Gasteiger partial charge in [-0.15, -0.1) is 0 Å². The van der Waals surface area contributed by atoms with Gasteiger partial charge in [-0.25, -0.2) is 0 Å². The molecule has 0 radical (unpaired) electrons. The highest BCUT2D eigenvalue weighted by Crippen LogP contribution is 2.27. The molecular weight excluding hydrogens is 216 g/mol. The smallest absolute Gasteiger partial charge is 0.0195 e. The third-order valence-corrected chi connectivity index (χ3v) is 5.76. The van der Waals surface area contributed by atoms with E-state index in [1.807, 2.05) is 0 Å². The third-order valence-electron chi connectivity index (χ3n) is 4.61. The average Bonchev–Trinajstić information content (AvgIpc) is 3.03. The van der Waals surface area contributed by atoms with E-state index in [9.17, 15) is 0 Å². The minimum Gasteiger partial charge on any atom is -0.298 e. The number of hydrogen-bond acceptors (Lipinski definition) is 3. The van der Waals surface area contributed by atoms with Crippen LogP contribution in [0.25, 0.3) is 0 Å². The molecule has 3 rings (SSSR count). The summed E-state index contributed by atoms with van der Waals surface area (Å²) in [7, 11) is 0. The molecule has 0 spiro atoms. The van der Waals surface area contributed by atoms with Crippen molar-refractivity contribution in [3.05, 3.63) is 0 Å². The maximum atomic E-state index is 2.77. The number of hydrogen-bond donors (Lipinski definition) is 0. The maximum absolute atomic E-state index is 2.77. The van der Waals surface area contributed by atoms with E-state index in [-0.39, 0.29) is 0 Å². The molecule has 0 N–H and O–H groups in total. The summed E-state index contributed by atoms with van der Waals surface area (Å²) in [5.74, 6) is 2.79. The van der Waals surface area contributed by atoms with E-state index >= 15 is 0 Å². The van der Waals surface area contributed by atoms with Crippen molar-refractivity contribution in [3.63, 3.8) is 0 Å². The average molecular weight is 240 g/mol. The van der Waals surface area contributed by atoms with Gasteiger partial charge in [-0.3, -0.25) is 9.80 Å². The SMILES string of the molecule is C1CCC(N2CCN(C3CCSC3)CC2)C1. The lowest BCUT2D eigenvalue weighted by Crippen LogP contribution is -2.52. The van der Waals surface area contributed by atoms with Crippen LogP contribution in [0.15, 0.2) is 0 Å². The first-order valence-electron chi connectivity index (χ1n) is 6.99. The zero-order valence-corrected chi connectivity index (χ0v) is 11.1. The number of rotatable bonds is 2. The Kier molecular flexibility index (Phi) is 3.75. The second kappa shape index (κ2) is 5.28. The second-order valence-electron chi connectivity index (χ2n) is 5.53. The Morgan fingerprint density at radius 3 is 1.94 bits per heavy atom. The molecule has 0 bridgehead atoms. The molecule has 0 amide bonds. The van der Waals surface area contributed by atoms with Crippen LogP contribution < -0.4 is 0 Å². The maximum Gasteiger partial charge on any atom is 0.0195 e. The number of thioether (sulfide) groups is 1. The Morgan fingerprint density at radius 2 is 1.38 bits per heavy atom. The zero-order chi connectivity index (χ0) is 10.8. The van der Waals surface area contributed by atoms with E-state index in [0.29, 0.717) is 0 Å². The van der Waals surface area contributed by atoms with Gasteiger partial charge in [-0.1, -0.05) is 12.8 Å². The highest BCUT2D eigenvalue weighted by Gasteiger charge is 2.30. The number of nitrogens with zero attached hydrogens (tertiary/aromatic N) is 2. The van der Waals surface area contributed by atoms with Crippen molar-refractivity contribution in [1.82, 2.24) is 9.80 Å². The summed E-state index contributed by atoms with van der Waals surface area (Å²) in [4.78, 5) is 5.52. The van der Waals surface area contributed by atoms with E-state index in [2.05, 4.69) is 21.6 Å². The molecule has 3 fully saturated rings. The van der Waals surface area contributed by atoms with Crippen LogP contribution in [-0.4, -0.2) is 59.6 Å². The molecule has 2 nitrogen and oxygen atoms in total. The molecular formula is C13H24N2S. The van der Waals surface area contributed by atoms with Crippen molar-refractivity contribution in [2.24, 2.45) is 0 Å². The first-order chi connectivity index (χ1) is 7.93. The molecule has 0 aromatic rings. The van der Waals surface area contributed by atoms with Crippen LogP contribution in [0.2, 0.25) is 0 Å². The van der Waals surface area contributed by atoms with Gasteiger partial charge in [0.15, 0.2) is 0 Å². The van der Waals surface area contributed by atoms with E-state index in [1.165, 1.54) is 69.8 Å². The summed E-state index contributed by atoms with van der Waals surface area (Å²) >= 11 is 2.15. The molecule has 0 aromatic heterocycles. The normalized spacial score (nSPS) is 34.9.